The van der Waals surface area contributed by atoms with Crippen molar-refractivity contribution in [2.45, 2.75) is 6.42 Å². The highest BCUT2D eigenvalue weighted by molar-refractivity contribution is 7.13. The highest BCUT2D eigenvalue weighted by Gasteiger charge is 2.10. The number of aromatic nitrogens is 1. The third kappa shape index (κ3) is 3.41. The first-order valence-electron chi connectivity index (χ1n) is 5.54. The van der Waals surface area contributed by atoms with Crippen molar-refractivity contribution in [3.05, 3.63) is 29.3 Å². The summed E-state index contributed by atoms with van der Waals surface area (Å²) in [5.41, 5.74) is 0.633. The summed E-state index contributed by atoms with van der Waals surface area (Å²) in [6, 6.07) is 5.69. The van der Waals surface area contributed by atoms with E-state index in [1.165, 1.54) is 0 Å². The summed E-state index contributed by atoms with van der Waals surface area (Å²) in [5.74, 6) is 0.614. The number of methoxy groups -OCH3 is 1. The molecule has 0 aliphatic rings. The van der Waals surface area contributed by atoms with Gasteiger partial charge in [0, 0.05) is 19.7 Å². The van der Waals surface area contributed by atoms with Crippen LogP contribution in [0.4, 0.5) is 0 Å². The van der Waals surface area contributed by atoms with E-state index < -0.39 is 0 Å². The van der Waals surface area contributed by atoms with Gasteiger partial charge in [0.2, 0.25) is 5.91 Å². The van der Waals surface area contributed by atoms with Crippen molar-refractivity contribution in [3.63, 3.8) is 0 Å². The van der Waals surface area contributed by atoms with Crippen molar-refractivity contribution in [3.8, 4) is 10.6 Å². The summed E-state index contributed by atoms with van der Waals surface area (Å²) in [6.45, 7) is 1.01. The van der Waals surface area contributed by atoms with Crippen LogP contribution in [0.3, 0.4) is 0 Å². The van der Waals surface area contributed by atoms with Crippen LogP contribution in [-0.4, -0.2) is 31.3 Å². The summed E-state index contributed by atoms with van der Waals surface area (Å²) in [7, 11) is 1.59. The predicted molar refractivity (Wildman–Crippen MR) is 68.4 cm³/mol. The smallest absolute Gasteiger partial charge is 0.226 e. The lowest BCUT2D eigenvalue weighted by Crippen LogP contribution is -2.28. The highest BCUT2D eigenvalue weighted by Crippen LogP contribution is 2.25. The minimum atomic E-state index is -0.0851. The van der Waals surface area contributed by atoms with E-state index in [0.717, 1.165) is 4.88 Å². The van der Waals surface area contributed by atoms with E-state index >= 15 is 0 Å². The Bertz CT molecular complexity index is 493. The van der Waals surface area contributed by atoms with Gasteiger partial charge in [-0.1, -0.05) is 11.2 Å². The molecule has 0 bridgehead atoms. The highest BCUT2D eigenvalue weighted by atomic mass is 32.1. The van der Waals surface area contributed by atoms with E-state index in [1.807, 2.05) is 17.5 Å². The molecule has 0 aliphatic carbocycles. The molecule has 0 fully saturated rings. The molecule has 5 nitrogen and oxygen atoms in total. The number of amides is 1. The number of carbonyl (C=O) groups excluding carboxylic acids is 1. The van der Waals surface area contributed by atoms with Crippen LogP contribution in [0.5, 0.6) is 0 Å². The van der Waals surface area contributed by atoms with Crippen LogP contribution in [-0.2, 0) is 16.0 Å². The Labute approximate surface area is 109 Å². The van der Waals surface area contributed by atoms with Gasteiger partial charge >= 0.3 is 0 Å². The average molecular weight is 266 g/mol. The number of rotatable bonds is 6. The first-order chi connectivity index (χ1) is 8.79. The topological polar surface area (TPSA) is 64.4 Å². The molecule has 0 unspecified atom stereocenters. The van der Waals surface area contributed by atoms with Crippen LogP contribution >= 0.6 is 11.3 Å². The van der Waals surface area contributed by atoms with Crippen molar-refractivity contribution in [1.29, 1.82) is 0 Å². The van der Waals surface area contributed by atoms with Crippen LogP contribution in [0.25, 0.3) is 10.6 Å². The van der Waals surface area contributed by atoms with Gasteiger partial charge < -0.3 is 14.6 Å². The average Bonchev–Trinajstić information content (AvgIpc) is 2.98. The zero-order chi connectivity index (χ0) is 12.8. The maximum atomic E-state index is 11.5. The number of hydrogen-bond acceptors (Lipinski definition) is 5. The maximum Gasteiger partial charge on any atom is 0.226 e. The monoisotopic (exact) mass is 266 g/mol. The van der Waals surface area contributed by atoms with Gasteiger partial charge in [-0.15, -0.1) is 11.3 Å². The molecule has 0 saturated heterocycles. The van der Waals surface area contributed by atoms with Gasteiger partial charge in [0.15, 0.2) is 5.76 Å². The Hall–Kier alpha value is -1.66. The molecule has 2 rings (SSSR count). The number of hydrogen-bond donors (Lipinski definition) is 1. The summed E-state index contributed by atoms with van der Waals surface area (Å²) >= 11 is 1.57. The van der Waals surface area contributed by atoms with Crippen molar-refractivity contribution >= 4 is 17.2 Å². The molecule has 0 aliphatic heterocycles. The minimum Gasteiger partial charge on any atom is -0.383 e. The predicted octanol–water partition coefficient (Wildman–Crippen LogP) is 1.71. The van der Waals surface area contributed by atoms with E-state index in [0.29, 0.717) is 24.6 Å². The fourth-order valence-corrected chi connectivity index (χ4v) is 2.12. The normalized spacial score (nSPS) is 10.5. The van der Waals surface area contributed by atoms with Gasteiger partial charge in [0.25, 0.3) is 0 Å². The molecule has 2 aromatic heterocycles. The van der Waals surface area contributed by atoms with Crippen LogP contribution in [0.2, 0.25) is 0 Å². The number of nitrogens with zero attached hydrogens (tertiary/aromatic N) is 1. The third-order valence-electron chi connectivity index (χ3n) is 2.29. The minimum absolute atomic E-state index is 0.0851. The maximum absolute atomic E-state index is 11.5. The number of carbonyl (C=O) groups is 1. The first kappa shape index (κ1) is 12.8. The molecule has 1 amide bonds. The quantitative estimate of drug-likeness (QED) is 0.808. The molecular formula is C12H14N2O3S. The van der Waals surface area contributed by atoms with Crippen molar-refractivity contribution < 1.29 is 14.1 Å². The lowest BCUT2D eigenvalue weighted by molar-refractivity contribution is -0.120. The fourth-order valence-electron chi connectivity index (χ4n) is 1.45. The van der Waals surface area contributed by atoms with Crippen LogP contribution in [0.1, 0.15) is 5.69 Å². The number of nitrogens with one attached hydrogen (secondary N) is 1. The van der Waals surface area contributed by atoms with Crippen molar-refractivity contribution in [2.24, 2.45) is 0 Å². The van der Waals surface area contributed by atoms with E-state index in [-0.39, 0.29) is 12.3 Å². The van der Waals surface area contributed by atoms with E-state index in [1.54, 1.807) is 24.5 Å². The standard InChI is InChI=1S/C12H14N2O3S/c1-16-5-4-13-12(15)8-9-7-10(17-14-9)11-3-2-6-18-11/h2-3,6-7H,4-5,8H2,1H3,(H,13,15). The second kappa shape index (κ2) is 6.32. The number of thiophene rings is 1. The zero-order valence-electron chi connectivity index (χ0n) is 10.0. The van der Waals surface area contributed by atoms with E-state index in [9.17, 15) is 4.79 Å². The SMILES string of the molecule is COCCNC(=O)Cc1cc(-c2cccs2)on1. The second-order valence-electron chi connectivity index (χ2n) is 3.68. The summed E-state index contributed by atoms with van der Waals surface area (Å²) in [6.07, 6.45) is 0.221. The Kier molecular flexibility index (Phi) is 4.49. The van der Waals surface area contributed by atoms with Gasteiger partial charge in [-0.25, -0.2) is 0 Å². The molecule has 18 heavy (non-hydrogen) atoms. The van der Waals surface area contributed by atoms with Crippen LogP contribution in [0.15, 0.2) is 28.1 Å². The molecule has 2 aromatic rings. The van der Waals surface area contributed by atoms with E-state index in [2.05, 4.69) is 10.5 Å². The lowest BCUT2D eigenvalue weighted by Gasteiger charge is -2.01. The molecule has 0 spiro atoms. The molecule has 0 radical (unpaired) electrons. The van der Waals surface area contributed by atoms with Gasteiger partial charge in [-0.05, 0) is 11.4 Å². The van der Waals surface area contributed by atoms with Gasteiger partial charge in [-0.3, -0.25) is 4.79 Å². The molecule has 96 valence electrons. The largest absolute Gasteiger partial charge is 0.383 e. The Balaban J connectivity index is 1.89. The molecule has 2 heterocycles. The van der Waals surface area contributed by atoms with Gasteiger partial charge in [0.05, 0.1) is 23.6 Å². The zero-order valence-corrected chi connectivity index (χ0v) is 10.8. The molecule has 0 atom stereocenters. The van der Waals surface area contributed by atoms with E-state index in [4.69, 9.17) is 9.26 Å². The summed E-state index contributed by atoms with van der Waals surface area (Å²) in [4.78, 5) is 12.5. The second-order valence-corrected chi connectivity index (χ2v) is 4.63. The Morgan fingerprint density at radius 2 is 2.50 bits per heavy atom. The van der Waals surface area contributed by atoms with Gasteiger partial charge in [0.1, 0.15) is 0 Å². The molecule has 0 saturated carbocycles. The molecule has 0 aromatic carbocycles. The van der Waals surface area contributed by atoms with Crippen LogP contribution < -0.4 is 5.32 Å². The summed E-state index contributed by atoms with van der Waals surface area (Å²) < 4.78 is 10.0. The first-order valence-corrected chi connectivity index (χ1v) is 6.42. The van der Waals surface area contributed by atoms with Crippen molar-refractivity contribution in [2.75, 3.05) is 20.3 Å². The van der Waals surface area contributed by atoms with Gasteiger partial charge in [-0.2, -0.15) is 0 Å². The molecule has 6 heteroatoms. The Morgan fingerprint density at radius 3 is 3.22 bits per heavy atom. The van der Waals surface area contributed by atoms with Crippen molar-refractivity contribution in [1.82, 2.24) is 10.5 Å². The molecule has 1 N–H and O–H groups in total. The van der Waals surface area contributed by atoms with Crippen LogP contribution in [0, 0.1) is 0 Å². The number of ether oxygens (including phenoxy) is 1. The third-order valence-corrected chi connectivity index (χ3v) is 3.18. The Morgan fingerprint density at radius 1 is 1.61 bits per heavy atom. The fraction of sp³-hybridized carbons (Fsp3) is 0.333. The molecular weight excluding hydrogens is 252 g/mol. The lowest BCUT2D eigenvalue weighted by atomic mass is 10.2. The summed E-state index contributed by atoms with van der Waals surface area (Å²) in [5, 5.41) is 8.58.